The van der Waals surface area contributed by atoms with Crippen LogP contribution in [0.25, 0.3) is 0 Å². The standard InChI is InChI=1S/C20H26N2O4S/c1-19(2)14-8-9-20(19,17(23)11-14)13-27(25,26)21-15-5-3-6-16(12-15)22-10-4-7-18(22)24/h3,5-6,12,14,21H,4,7-11,13H2,1-2H3/t14-,20+/m0/s1. The van der Waals surface area contributed by atoms with Crippen LogP contribution in [0.5, 0.6) is 0 Å². The molecule has 2 bridgehead atoms. The highest BCUT2D eigenvalue weighted by Crippen LogP contribution is 2.64. The second-order valence-electron chi connectivity index (χ2n) is 8.73. The summed E-state index contributed by atoms with van der Waals surface area (Å²) in [4.78, 5) is 26.3. The Morgan fingerprint density at radius 2 is 2.04 bits per heavy atom. The molecule has 1 N–H and O–H groups in total. The van der Waals surface area contributed by atoms with Gasteiger partial charge in [0.1, 0.15) is 5.78 Å². The molecule has 0 aromatic heterocycles. The van der Waals surface area contributed by atoms with Crippen molar-refractivity contribution in [1.82, 2.24) is 0 Å². The van der Waals surface area contributed by atoms with E-state index in [-0.39, 0.29) is 28.8 Å². The van der Waals surface area contributed by atoms with Crippen LogP contribution in [0.4, 0.5) is 11.4 Å². The first-order chi connectivity index (χ1) is 12.6. The molecule has 2 saturated carbocycles. The number of ketones is 1. The van der Waals surface area contributed by atoms with E-state index in [9.17, 15) is 18.0 Å². The molecular weight excluding hydrogens is 364 g/mol. The smallest absolute Gasteiger partial charge is 0.233 e. The van der Waals surface area contributed by atoms with Crippen molar-refractivity contribution in [2.45, 2.75) is 46.0 Å². The Labute approximate surface area is 160 Å². The van der Waals surface area contributed by atoms with Crippen molar-refractivity contribution in [3.8, 4) is 0 Å². The zero-order chi connectivity index (χ0) is 19.4. The molecule has 1 saturated heterocycles. The summed E-state index contributed by atoms with van der Waals surface area (Å²) in [7, 11) is -3.69. The van der Waals surface area contributed by atoms with Crippen molar-refractivity contribution in [2.24, 2.45) is 16.7 Å². The van der Waals surface area contributed by atoms with Gasteiger partial charge in [0, 0.05) is 25.1 Å². The lowest BCUT2D eigenvalue weighted by molar-refractivity contribution is -0.128. The van der Waals surface area contributed by atoms with Gasteiger partial charge in [0.15, 0.2) is 0 Å². The number of hydrogen-bond acceptors (Lipinski definition) is 4. The summed E-state index contributed by atoms with van der Waals surface area (Å²) in [5, 5.41) is 0. The van der Waals surface area contributed by atoms with Crippen molar-refractivity contribution >= 4 is 33.1 Å². The minimum atomic E-state index is -3.69. The summed E-state index contributed by atoms with van der Waals surface area (Å²) in [6, 6.07) is 6.92. The van der Waals surface area contributed by atoms with Crippen molar-refractivity contribution in [3.05, 3.63) is 24.3 Å². The molecule has 1 amide bonds. The Bertz CT molecular complexity index is 908. The zero-order valence-corrected chi connectivity index (χ0v) is 16.6. The van der Waals surface area contributed by atoms with Crippen molar-refractivity contribution in [2.75, 3.05) is 21.9 Å². The van der Waals surface area contributed by atoms with E-state index in [1.165, 1.54) is 0 Å². The third-order valence-electron chi connectivity index (χ3n) is 7.08. The lowest BCUT2D eigenvalue weighted by Crippen LogP contribution is -2.43. The van der Waals surface area contributed by atoms with E-state index in [0.717, 1.165) is 12.8 Å². The Balaban J connectivity index is 1.56. The first kappa shape index (κ1) is 18.5. The van der Waals surface area contributed by atoms with E-state index in [2.05, 4.69) is 4.72 Å². The van der Waals surface area contributed by atoms with Gasteiger partial charge < -0.3 is 4.90 Å². The SMILES string of the molecule is CC1(C)[C@H]2CC[C@@]1(CS(=O)(=O)Nc1cccc(N3CCCC3=O)c1)C(=O)C2. The Morgan fingerprint density at radius 3 is 2.63 bits per heavy atom. The van der Waals surface area contributed by atoms with Crippen LogP contribution < -0.4 is 9.62 Å². The highest BCUT2D eigenvalue weighted by molar-refractivity contribution is 7.92. The summed E-state index contributed by atoms with van der Waals surface area (Å²) in [5.41, 5.74) is 0.0600. The fourth-order valence-electron chi connectivity index (χ4n) is 5.31. The predicted octanol–water partition coefficient (Wildman–Crippen LogP) is 2.95. The fraction of sp³-hybridized carbons (Fsp3) is 0.600. The van der Waals surface area contributed by atoms with Gasteiger partial charge in [-0.3, -0.25) is 14.3 Å². The van der Waals surface area contributed by atoms with Crippen molar-refractivity contribution in [1.29, 1.82) is 0 Å². The number of amides is 1. The van der Waals surface area contributed by atoms with Crippen LogP contribution in [-0.4, -0.2) is 32.4 Å². The summed E-state index contributed by atoms with van der Waals surface area (Å²) < 4.78 is 28.5. The summed E-state index contributed by atoms with van der Waals surface area (Å²) in [6.45, 7) is 4.72. The number of rotatable bonds is 5. The Kier molecular flexibility index (Phi) is 4.14. The lowest BCUT2D eigenvalue weighted by Gasteiger charge is -2.36. The van der Waals surface area contributed by atoms with Gasteiger partial charge >= 0.3 is 0 Å². The minimum absolute atomic E-state index is 0.0594. The van der Waals surface area contributed by atoms with E-state index < -0.39 is 15.4 Å². The molecule has 146 valence electrons. The van der Waals surface area contributed by atoms with Crippen LogP contribution in [0.1, 0.15) is 46.0 Å². The van der Waals surface area contributed by atoms with Gasteiger partial charge in [0.25, 0.3) is 0 Å². The Morgan fingerprint density at radius 1 is 1.26 bits per heavy atom. The first-order valence-corrected chi connectivity index (χ1v) is 11.2. The maximum atomic E-state index is 12.9. The van der Waals surface area contributed by atoms with Gasteiger partial charge in [0.2, 0.25) is 15.9 Å². The van der Waals surface area contributed by atoms with Gasteiger partial charge in [-0.1, -0.05) is 19.9 Å². The maximum absolute atomic E-state index is 12.9. The molecule has 27 heavy (non-hydrogen) atoms. The summed E-state index contributed by atoms with van der Waals surface area (Å²) >= 11 is 0. The molecule has 2 atom stereocenters. The predicted molar refractivity (Wildman–Crippen MR) is 104 cm³/mol. The number of fused-ring (bicyclic) bond motifs is 2. The Hall–Kier alpha value is -1.89. The number of sulfonamides is 1. The van der Waals surface area contributed by atoms with Crippen LogP contribution in [0.2, 0.25) is 0 Å². The van der Waals surface area contributed by atoms with Gasteiger partial charge in [-0.25, -0.2) is 8.42 Å². The zero-order valence-electron chi connectivity index (χ0n) is 15.8. The van der Waals surface area contributed by atoms with E-state index in [0.29, 0.717) is 37.2 Å². The summed E-state index contributed by atoms with van der Waals surface area (Å²) in [5.74, 6) is 0.259. The van der Waals surface area contributed by atoms with Crippen molar-refractivity contribution < 1.29 is 18.0 Å². The molecule has 1 aromatic rings. The molecule has 7 heteroatoms. The second kappa shape index (κ2) is 6.06. The number of anilines is 2. The monoisotopic (exact) mass is 390 g/mol. The maximum Gasteiger partial charge on any atom is 0.233 e. The molecule has 0 radical (unpaired) electrons. The van der Waals surface area contributed by atoms with Crippen LogP contribution in [-0.2, 0) is 19.6 Å². The van der Waals surface area contributed by atoms with E-state index in [1.807, 2.05) is 19.9 Å². The average Bonchev–Trinajstić information content (AvgIpc) is 3.16. The van der Waals surface area contributed by atoms with E-state index >= 15 is 0 Å². The van der Waals surface area contributed by atoms with Crippen molar-refractivity contribution in [3.63, 3.8) is 0 Å². The number of carbonyl (C=O) groups excluding carboxylic acids is 2. The normalized spacial score (nSPS) is 29.6. The van der Waals surface area contributed by atoms with Crippen LogP contribution in [0, 0.1) is 16.7 Å². The molecule has 0 spiro atoms. The molecule has 1 aromatic carbocycles. The van der Waals surface area contributed by atoms with Gasteiger partial charge in [-0.05, 0) is 48.8 Å². The summed E-state index contributed by atoms with van der Waals surface area (Å²) in [6.07, 6.45) is 3.40. The molecule has 3 fully saturated rings. The first-order valence-electron chi connectivity index (χ1n) is 9.59. The lowest BCUT2D eigenvalue weighted by atomic mass is 9.70. The van der Waals surface area contributed by atoms with Crippen LogP contribution in [0.3, 0.4) is 0 Å². The van der Waals surface area contributed by atoms with Crippen LogP contribution in [0.15, 0.2) is 24.3 Å². The molecule has 1 aliphatic heterocycles. The molecule has 0 unspecified atom stereocenters. The number of carbonyl (C=O) groups is 2. The molecule has 6 nitrogen and oxygen atoms in total. The minimum Gasteiger partial charge on any atom is -0.312 e. The quantitative estimate of drug-likeness (QED) is 0.838. The fourth-order valence-corrected chi connectivity index (χ4v) is 7.19. The largest absolute Gasteiger partial charge is 0.312 e. The topological polar surface area (TPSA) is 83.6 Å². The molecule has 1 heterocycles. The third kappa shape index (κ3) is 2.87. The van der Waals surface area contributed by atoms with Gasteiger partial charge in [-0.2, -0.15) is 0 Å². The second-order valence-corrected chi connectivity index (χ2v) is 10.4. The molecule has 3 aliphatic rings. The number of nitrogens with zero attached hydrogens (tertiary/aromatic N) is 1. The van der Waals surface area contributed by atoms with E-state index in [4.69, 9.17) is 0 Å². The third-order valence-corrected chi connectivity index (χ3v) is 8.50. The number of benzene rings is 1. The molecule has 2 aliphatic carbocycles. The molecule has 4 rings (SSSR count). The van der Waals surface area contributed by atoms with E-state index in [1.54, 1.807) is 23.1 Å². The highest BCUT2D eigenvalue weighted by atomic mass is 32.2. The highest BCUT2D eigenvalue weighted by Gasteiger charge is 2.65. The average molecular weight is 391 g/mol. The van der Waals surface area contributed by atoms with Crippen LogP contribution >= 0.6 is 0 Å². The van der Waals surface area contributed by atoms with Gasteiger partial charge in [0.05, 0.1) is 16.9 Å². The molecular formula is C20H26N2O4S. The number of hydrogen-bond donors (Lipinski definition) is 1. The number of Topliss-reactive ketones (excluding diaryl/α,β-unsaturated/α-hetero) is 1. The number of nitrogens with one attached hydrogen (secondary N) is 1. The van der Waals surface area contributed by atoms with Gasteiger partial charge in [-0.15, -0.1) is 0 Å².